The fourth-order valence-electron chi connectivity index (χ4n) is 8.37. The fourth-order valence-corrected chi connectivity index (χ4v) is 12.2. The van der Waals surface area contributed by atoms with E-state index in [0.717, 1.165) is 52.4 Å². The first-order chi connectivity index (χ1) is 39.9. The van der Waals surface area contributed by atoms with E-state index >= 15 is 0 Å². The molecule has 9 rings (SSSR count). The predicted octanol–water partition coefficient (Wildman–Crippen LogP) is 12.5. The molecule has 432 valence electrons. The van der Waals surface area contributed by atoms with E-state index in [9.17, 15) is 75.4 Å². The second kappa shape index (κ2) is 23.0. The lowest BCUT2D eigenvalue weighted by Crippen LogP contribution is -2.05. The van der Waals surface area contributed by atoms with E-state index in [2.05, 4.69) is 58.4 Å². The Kier molecular flexibility index (Phi) is 16.3. The van der Waals surface area contributed by atoms with Crippen molar-refractivity contribution in [1.82, 2.24) is 4.98 Å². The van der Waals surface area contributed by atoms with E-state index in [0.29, 0.717) is 29.3 Å². The zero-order valence-electron chi connectivity index (χ0n) is 43.3. The van der Waals surface area contributed by atoms with Gasteiger partial charge in [0.15, 0.2) is 16.6 Å². The van der Waals surface area contributed by atoms with Crippen molar-refractivity contribution in [3.8, 4) is 29.0 Å². The maximum atomic E-state index is 12.6. The maximum Gasteiger partial charge on any atom is 0.296 e. The molecule has 33 heteroatoms. The summed E-state index contributed by atoms with van der Waals surface area (Å²) in [6.07, 6.45) is 0. The number of fused-ring (bicyclic) bond motifs is 2. The average Bonchev–Trinajstić information content (AvgIpc) is 3.94. The average molecular weight is 1260 g/mol. The van der Waals surface area contributed by atoms with Crippen molar-refractivity contribution in [2.45, 2.75) is 38.3 Å². The first-order valence-electron chi connectivity index (χ1n) is 23.6. The molecule has 27 nitrogen and oxygen atoms in total. The molecule has 0 amide bonds. The van der Waals surface area contributed by atoms with Gasteiger partial charge in [-0.25, -0.2) is 4.98 Å². The molecular formula is C52H37N11O16S6. The topological polar surface area (TPSA) is 440 Å². The van der Waals surface area contributed by atoms with E-state index < -0.39 is 91.5 Å². The van der Waals surface area contributed by atoms with Crippen molar-refractivity contribution >= 4 is 139 Å². The molecule has 0 bridgehead atoms. The molecule has 0 aliphatic heterocycles. The number of hydrogen-bond donors (Lipinski definition) is 7. The Balaban J connectivity index is 1.15. The number of aromatic nitrogens is 1. The van der Waals surface area contributed by atoms with E-state index in [-0.39, 0.29) is 78.1 Å². The Hall–Kier alpha value is -9.36. The monoisotopic (exact) mass is 1260 g/mol. The predicted molar refractivity (Wildman–Crippen MR) is 308 cm³/mol. The van der Waals surface area contributed by atoms with Crippen LogP contribution in [-0.4, -0.2) is 76.9 Å². The summed E-state index contributed by atoms with van der Waals surface area (Å²) in [4.78, 5) is 0.736. The van der Waals surface area contributed by atoms with Crippen LogP contribution in [0.1, 0.15) is 22.3 Å². The Morgan fingerprint density at radius 1 is 0.506 bits per heavy atom. The van der Waals surface area contributed by atoms with Gasteiger partial charge in [0.25, 0.3) is 50.6 Å². The molecule has 2 heterocycles. The standard InChI is InChI=1S/C52H37N11O16S6/c1-27-18-42(44(79-3)24-41(27)58-60-43-23-38-32(21-46(43)85(76,77)78)20-37(83(70,71)72)22-45(38)84(73,74)75)59-63-52-47(31-9-8-29-6-4-5-7-30(29)19-31)40(26-54)51(80-52)62-61-48-28(2)39(25-53)49(55-33-10-14-35(15-11-33)81(64,65)66)57-50(48)56-34-12-16-36(17-13-34)82(67,68)69/h4-24H,1-3H3,(H2,55,56,57)(H,64,65,66)(H,67,68,69)(H,70,71,72)(H,73,74,75)(H,76,77,78)/b60-58+,62-61+,63-59+. The van der Waals surface area contributed by atoms with Crippen LogP contribution in [0.3, 0.4) is 0 Å². The van der Waals surface area contributed by atoms with E-state index in [4.69, 9.17) is 4.74 Å². The van der Waals surface area contributed by atoms with Crippen molar-refractivity contribution in [3.63, 3.8) is 0 Å². The van der Waals surface area contributed by atoms with Crippen LogP contribution < -0.4 is 15.4 Å². The van der Waals surface area contributed by atoms with E-state index in [1.165, 1.54) is 50.4 Å². The van der Waals surface area contributed by atoms with Crippen LogP contribution in [0.15, 0.2) is 183 Å². The Morgan fingerprint density at radius 2 is 1.06 bits per heavy atom. The van der Waals surface area contributed by atoms with Gasteiger partial charge in [-0.05, 0) is 126 Å². The molecule has 7 aromatic carbocycles. The normalized spacial score (nSPS) is 12.5. The minimum absolute atomic E-state index is 0.00260. The summed E-state index contributed by atoms with van der Waals surface area (Å²) in [7, 11) is -23.4. The third-order valence-corrected chi connectivity index (χ3v) is 17.8. The van der Waals surface area contributed by atoms with Gasteiger partial charge in [-0.3, -0.25) is 22.8 Å². The molecule has 2 aromatic heterocycles. The quantitative estimate of drug-likeness (QED) is 0.0329. The molecule has 0 atom stereocenters. The third-order valence-electron chi connectivity index (χ3n) is 12.5. The molecule has 9 aromatic rings. The van der Waals surface area contributed by atoms with Gasteiger partial charge in [-0.15, -0.1) is 25.6 Å². The highest BCUT2D eigenvalue weighted by atomic mass is 32.2. The smallest absolute Gasteiger partial charge is 0.296 e. The van der Waals surface area contributed by atoms with Crippen molar-refractivity contribution in [2.24, 2.45) is 30.7 Å². The molecule has 7 N–H and O–H groups in total. The summed E-state index contributed by atoms with van der Waals surface area (Å²) >= 11 is 0.880. The molecule has 0 fully saturated rings. The zero-order chi connectivity index (χ0) is 61.6. The number of thiophene rings is 1. The van der Waals surface area contributed by atoms with Gasteiger partial charge >= 0.3 is 0 Å². The highest BCUT2D eigenvalue weighted by Crippen LogP contribution is 2.50. The van der Waals surface area contributed by atoms with Crippen LogP contribution >= 0.6 is 11.3 Å². The van der Waals surface area contributed by atoms with Crippen LogP contribution in [0.4, 0.5) is 55.8 Å². The Bertz CT molecular complexity index is 5070. The summed E-state index contributed by atoms with van der Waals surface area (Å²) < 4.78 is 176. The minimum atomic E-state index is -5.24. The second-order valence-electron chi connectivity index (χ2n) is 18.0. The molecule has 85 heavy (non-hydrogen) atoms. The lowest BCUT2D eigenvalue weighted by atomic mass is 10.00. The SMILES string of the molecule is COc1cc(/N=N/c2cc3c(S(=O)(=O)O)cc(S(=O)(=O)O)cc3cc2S(=O)(=O)O)c(C)cc1/N=N/c1sc(/N=N/c2c(Nc3ccc(S(=O)(=O)O)cc3)nc(Nc3ccc(S(=O)(=O)O)cc3)c(C#N)c2C)c(C#N)c1-c1ccc2ccccc2c1. The number of aryl methyl sites for hydroxylation is 1. The first kappa shape index (κ1) is 60.2. The van der Waals surface area contributed by atoms with Gasteiger partial charge in [0, 0.05) is 34.0 Å². The van der Waals surface area contributed by atoms with E-state index in [1.54, 1.807) is 13.0 Å². The number of methoxy groups -OCH3 is 1. The van der Waals surface area contributed by atoms with Gasteiger partial charge in [0.05, 0.1) is 33.0 Å². The number of azo groups is 3. The number of nitrogens with one attached hydrogen (secondary N) is 2. The van der Waals surface area contributed by atoms with Crippen LogP contribution in [0, 0.1) is 36.5 Å². The number of nitrogens with zero attached hydrogens (tertiary/aromatic N) is 9. The summed E-state index contributed by atoms with van der Waals surface area (Å²) in [5, 5.41) is 54.4. The molecule has 0 spiro atoms. The van der Waals surface area contributed by atoms with Gasteiger partial charge in [0.2, 0.25) is 0 Å². The fraction of sp³-hybridized carbons (Fsp3) is 0.0577. The molecule has 0 aliphatic carbocycles. The van der Waals surface area contributed by atoms with Gasteiger partial charge in [-0.2, -0.15) is 57.7 Å². The lowest BCUT2D eigenvalue weighted by molar-refractivity contribution is 0.416. The van der Waals surface area contributed by atoms with E-state index in [1.807, 2.05) is 36.4 Å². The number of rotatable bonds is 17. The Labute approximate surface area is 486 Å². The molecule has 0 radical (unpaired) electrons. The third kappa shape index (κ3) is 13.1. The first-order valence-corrected chi connectivity index (χ1v) is 31.6. The highest BCUT2D eigenvalue weighted by Gasteiger charge is 2.27. The second-order valence-corrected chi connectivity index (χ2v) is 26.0. The molecule has 0 saturated carbocycles. The van der Waals surface area contributed by atoms with Crippen molar-refractivity contribution in [1.29, 1.82) is 10.5 Å². The van der Waals surface area contributed by atoms with Crippen LogP contribution in [0.2, 0.25) is 0 Å². The van der Waals surface area contributed by atoms with Gasteiger partial charge in [-0.1, -0.05) is 47.7 Å². The molecule has 0 saturated heterocycles. The molecule has 0 unspecified atom stereocenters. The maximum absolute atomic E-state index is 12.6. The van der Waals surface area contributed by atoms with Crippen LogP contribution in [-0.2, 0) is 50.6 Å². The molecule has 0 aliphatic rings. The van der Waals surface area contributed by atoms with Crippen LogP contribution in [0.5, 0.6) is 5.75 Å². The Morgan fingerprint density at radius 3 is 1.62 bits per heavy atom. The number of anilines is 4. The van der Waals surface area contributed by atoms with Crippen molar-refractivity contribution in [2.75, 3.05) is 17.7 Å². The van der Waals surface area contributed by atoms with Crippen molar-refractivity contribution in [3.05, 3.63) is 150 Å². The summed E-state index contributed by atoms with van der Waals surface area (Å²) in [6.45, 7) is 3.06. The number of benzene rings is 7. The van der Waals surface area contributed by atoms with Crippen molar-refractivity contribution < 1.29 is 69.6 Å². The number of nitriles is 2. The lowest BCUT2D eigenvalue weighted by Gasteiger charge is -2.16. The summed E-state index contributed by atoms with van der Waals surface area (Å²) in [5.74, 6) is -0.141. The summed E-state index contributed by atoms with van der Waals surface area (Å²) in [5.41, 5.74) is 0.949. The number of ether oxygens (including phenoxy) is 1. The van der Waals surface area contributed by atoms with Gasteiger partial charge in [0.1, 0.15) is 55.3 Å². The zero-order valence-corrected chi connectivity index (χ0v) is 48.2. The molecular weight excluding hydrogens is 1230 g/mol. The minimum Gasteiger partial charge on any atom is -0.494 e. The number of hydrogen-bond acceptors (Lipinski definition) is 23. The van der Waals surface area contributed by atoms with Crippen LogP contribution in [0.25, 0.3) is 32.7 Å². The largest absolute Gasteiger partial charge is 0.494 e. The van der Waals surface area contributed by atoms with Gasteiger partial charge < -0.3 is 15.4 Å². The number of pyridine rings is 1. The summed E-state index contributed by atoms with van der Waals surface area (Å²) in [6, 6.07) is 32.1. The highest BCUT2D eigenvalue weighted by molar-refractivity contribution is 7.87.